The van der Waals surface area contributed by atoms with E-state index in [1.54, 1.807) is 6.92 Å². The molecule has 0 aliphatic heterocycles. The van der Waals surface area contributed by atoms with Gasteiger partial charge in [0.15, 0.2) is 0 Å². The quantitative estimate of drug-likeness (QED) is 0.633. The minimum absolute atomic E-state index is 0.00750. The molecule has 3 nitrogen and oxygen atoms in total. The maximum absolute atomic E-state index is 11.3. The molecule has 0 radical (unpaired) electrons. The van der Waals surface area contributed by atoms with E-state index in [0.717, 1.165) is 12.8 Å². The highest BCUT2D eigenvalue weighted by atomic mass is 16.2. The second kappa shape index (κ2) is 5.22. The van der Waals surface area contributed by atoms with Gasteiger partial charge in [0.05, 0.1) is 6.04 Å². The van der Waals surface area contributed by atoms with Crippen molar-refractivity contribution in [2.45, 2.75) is 57.5 Å². The van der Waals surface area contributed by atoms with Crippen LogP contribution in [0.1, 0.15) is 45.4 Å². The predicted octanol–water partition coefficient (Wildman–Crippen LogP) is 1.17. The molecule has 1 rings (SSSR count). The first-order valence-corrected chi connectivity index (χ1v) is 5.26. The van der Waals surface area contributed by atoms with E-state index in [1.807, 2.05) is 0 Å². The van der Waals surface area contributed by atoms with Crippen molar-refractivity contribution < 1.29 is 4.79 Å². The number of carbonyl (C=O) groups excluding carboxylic acids is 1. The minimum atomic E-state index is -0.372. The van der Waals surface area contributed by atoms with Crippen molar-refractivity contribution in [3.05, 3.63) is 0 Å². The van der Waals surface area contributed by atoms with Crippen molar-refractivity contribution in [1.82, 2.24) is 5.32 Å². The van der Waals surface area contributed by atoms with Gasteiger partial charge in [-0.2, -0.15) is 0 Å². The van der Waals surface area contributed by atoms with Crippen LogP contribution in [0.15, 0.2) is 0 Å². The van der Waals surface area contributed by atoms with Gasteiger partial charge in [-0.15, -0.1) is 0 Å². The molecule has 0 heterocycles. The Morgan fingerprint density at radius 3 is 2.31 bits per heavy atom. The second-order valence-electron chi connectivity index (χ2n) is 3.99. The fraction of sp³-hybridized carbons (Fsp3) is 0.900. The van der Waals surface area contributed by atoms with Crippen molar-refractivity contribution in [2.24, 2.45) is 5.73 Å². The van der Waals surface area contributed by atoms with Crippen LogP contribution < -0.4 is 11.1 Å². The van der Waals surface area contributed by atoms with Crippen LogP contribution >= 0.6 is 0 Å². The number of carbonyl (C=O) groups is 1. The Morgan fingerprint density at radius 2 is 1.85 bits per heavy atom. The summed E-state index contributed by atoms with van der Waals surface area (Å²) in [6.07, 6.45) is 7.35. The van der Waals surface area contributed by atoms with Gasteiger partial charge in [0.2, 0.25) is 5.91 Å². The molecule has 1 atom stereocenters. The Bertz CT molecular complexity index is 160. The molecule has 0 spiro atoms. The lowest BCUT2D eigenvalue weighted by Crippen LogP contribution is -2.43. The number of rotatable bonds is 2. The summed E-state index contributed by atoms with van der Waals surface area (Å²) in [7, 11) is 0. The SMILES string of the molecule is CC(N)C(=O)NC1CCCCCC1. The fourth-order valence-electron chi connectivity index (χ4n) is 1.76. The van der Waals surface area contributed by atoms with Crippen molar-refractivity contribution in [1.29, 1.82) is 0 Å². The van der Waals surface area contributed by atoms with Gasteiger partial charge in [-0.1, -0.05) is 25.7 Å². The van der Waals surface area contributed by atoms with Gasteiger partial charge in [-0.05, 0) is 19.8 Å². The summed E-state index contributed by atoms with van der Waals surface area (Å²) in [5.74, 6) is -0.00750. The van der Waals surface area contributed by atoms with Gasteiger partial charge in [-0.25, -0.2) is 0 Å². The molecule has 1 amide bonds. The zero-order valence-electron chi connectivity index (χ0n) is 8.38. The van der Waals surface area contributed by atoms with Gasteiger partial charge in [-0.3, -0.25) is 4.79 Å². The van der Waals surface area contributed by atoms with Gasteiger partial charge in [0.25, 0.3) is 0 Å². The minimum Gasteiger partial charge on any atom is -0.352 e. The Labute approximate surface area is 80.1 Å². The van der Waals surface area contributed by atoms with Crippen LogP contribution in [0.4, 0.5) is 0 Å². The zero-order valence-corrected chi connectivity index (χ0v) is 8.38. The first-order chi connectivity index (χ1) is 6.20. The molecule has 0 aromatic carbocycles. The predicted molar refractivity (Wildman–Crippen MR) is 53.3 cm³/mol. The number of hydrogen-bond acceptors (Lipinski definition) is 2. The Balaban J connectivity index is 2.29. The summed E-state index contributed by atoms with van der Waals surface area (Å²) < 4.78 is 0. The highest BCUT2D eigenvalue weighted by molar-refractivity contribution is 5.81. The Kier molecular flexibility index (Phi) is 4.22. The molecule has 0 bridgehead atoms. The Morgan fingerprint density at radius 1 is 1.31 bits per heavy atom. The fourth-order valence-corrected chi connectivity index (χ4v) is 1.76. The highest BCUT2D eigenvalue weighted by Gasteiger charge is 2.16. The molecule has 76 valence electrons. The number of nitrogens with one attached hydrogen (secondary N) is 1. The average molecular weight is 184 g/mol. The van der Waals surface area contributed by atoms with Crippen LogP contribution in [0.2, 0.25) is 0 Å². The van der Waals surface area contributed by atoms with Gasteiger partial charge >= 0.3 is 0 Å². The van der Waals surface area contributed by atoms with E-state index in [9.17, 15) is 4.79 Å². The molecule has 0 aromatic rings. The molecule has 1 aliphatic carbocycles. The largest absolute Gasteiger partial charge is 0.352 e. The van der Waals surface area contributed by atoms with Crippen molar-refractivity contribution in [2.75, 3.05) is 0 Å². The van der Waals surface area contributed by atoms with E-state index in [0.29, 0.717) is 6.04 Å². The van der Waals surface area contributed by atoms with Crippen molar-refractivity contribution in [3.63, 3.8) is 0 Å². The molecule has 1 fully saturated rings. The van der Waals surface area contributed by atoms with Crippen molar-refractivity contribution >= 4 is 5.91 Å². The average Bonchev–Trinajstić information content (AvgIpc) is 2.32. The topological polar surface area (TPSA) is 55.1 Å². The Hall–Kier alpha value is -0.570. The van der Waals surface area contributed by atoms with E-state index in [2.05, 4.69) is 5.32 Å². The summed E-state index contributed by atoms with van der Waals surface area (Å²) in [6, 6.07) is 0.00394. The lowest BCUT2D eigenvalue weighted by molar-refractivity contribution is -0.122. The lowest BCUT2D eigenvalue weighted by Gasteiger charge is -2.17. The monoisotopic (exact) mass is 184 g/mol. The number of hydrogen-bond donors (Lipinski definition) is 2. The molecule has 0 saturated heterocycles. The van der Waals surface area contributed by atoms with Gasteiger partial charge in [0, 0.05) is 6.04 Å². The lowest BCUT2D eigenvalue weighted by atomic mass is 10.1. The smallest absolute Gasteiger partial charge is 0.236 e. The third-order valence-corrected chi connectivity index (χ3v) is 2.62. The first-order valence-electron chi connectivity index (χ1n) is 5.26. The molecular weight excluding hydrogens is 164 g/mol. The van der Waals surface area contributed by atoms with Crippen LogP contribution in [0, 0.1) is 0 Å². The molecule has 3 N–H and O–H groups in total. The summed E-state index contributed by atoms with van der Waals surface area (Å²) in [6.45, 7) is 1.73. The van der Waals surface area contributed by atoms with E-state index in [-0.39, 0.29) is 11.9 Å². The molecular formula is C10H20N2O. The van der Waals surface area contributed by atoms with Gasteiger partial charge in [0.1, 0.15) is 0 Å². The summed E-state index contributed by atoms with van der Waals surface area (Å²) in [5, 5.41) is 2.99. The van der Waals surface area contributed by atoms with Crippen LogP contribution in [0.3, 0.4) is 0 Å². The first kappa shape index (κ1) is 10.5. The number of amides is 1. The molecule has 13 heavy (non-hydrogen) atoms. The summed E-state index contributed by atoms with van der Waals surface area (Å²) in [4.78, 5) is 11.3. The standard InChI is InChI=1S/C10H20N2O/c1-8(11)10(13)12-9-6-4-2-3-5-7-9/h8-9H,2-7,11H2,1H3,(H,12,13). The van der Waals surface area contributed by atoms with Crippen LogP contribution in [0.5, 0.6) is 0 Å². The molecule has 3 heteroatoms. The summed E-state index contributed by atoms with van der Waals surface area (Å²) >= 11 is 0. The zero-order chi connectivity index (χ0) is 9.68. The van der Waals surface area contributed by atoms with E-state index >= 15 is 0 Å². The van der Waals surface area contributed by atoms with E-state index < -0.39 is 0 Å². The van der Waals surface area contributed by atoms with Gasteiger partial charge < -0.3 is 11.1 Å². The molecule has 1 aliphatic rings. The third kappa shape index (κ3) is 3.77. The van der Waals surface area contributed by atoms with Crippen molar-refractivity contribution in [3.8, 4) is 0 Å². The molecule has 1 unspecified atom stereocenters. The number of nitrogens with two attached hydrogens (primary N) is 1. The second-order valence-corrected chi connectivity index (χ2v) is 3.99. The van der Waals surface area contributed by atoms with E-state index in [4.69, 9.17) is 5.73 Å². The maximum Gasteiger partial charge on any atom is 0.236 e. The molecule has 0 aromatic heterocycles. The molecule has 1 saturated carbocycles. The highest BCUT2D eigenvalue weighted by Crippen LogP contribution is 2.17. The van der Waals surface area contributed by atoms with Crippen LogP contribution in [-0.4, -0.2) is 18.0 Å². The maximum atomic E-state index is 11.3. The normalized spacial score (nSPS) is 22.0. The third-order valence-electron chi connectivity index (χ3n) is 2.62. The van der Waals surface area contributed by atoms with Crippen LogP contribution in [0.25, 0.3) is 0 Å². The van der Waals surface area contributed by atoms with Crippen LogP contribution in [-0.2, 0) is 4.79 Å². The summed E-state index contributed by atoms with van der Waals surface area (Å²) in [5.41, 5.74) is 5.48. The van der Waals surface area contributed by atoms with E-state index in [1.165, 1.54) is 25.7 Å².